The minimum Gasteiger partial charge on any atom is -0.444 e. The van der Waals surface area contributed by atoms with Crippen LogP contribution in [-0.2, 0) is 0 Å². The molecule has 1 aliphatic heterocycles. The van der Waals surface area contributed by atoms with Crippen molar-refractivity contribution < 1.29 is 9.21 Å². The first-order valence-electron chi connectivity index (χ1n) is 6.01. The van der Waals surface area contributed by atoms with Gasteiger partial charge in [0.05, 0.1) is 0 Å². The molecule has 0 aromatic carbocycles. The van der Waals surface area contributed by atoms with E-state index < -0.39 is 0 Å². The van der Waals surface area contributed by atoms with E-state index in [1.54, 1.807) is 12.1 Å². The molecule has 1 aromatic heterocycles. The van der Waals surface area contributed by atoms with Gasteiger partial charge in [-0.2, -0.15) is 0 Å². The Kier molecular flexibility index (Phi) is 4.62. The van der Waals surface area contributed by atoms with Crippen molar-refractivity contribution in [2.24, 2.45) is 0 Å². The van der Waals surface area contributed by atoms with Crippen LogP contribution in [0.2, 0.25) is 0 Å². The highest BCUT2D eigenvalue weighted by Gasteiger charge is 2.12. The van der Waals surface area contributed by atoms with Gasteiger partial charge < -0.3 is 14.6 Å². The second-order valence-electron chi connectivity index (χ2n) is 4.26. The zero-order chi connectivity index (χ0) is 12.1. The third kappa shape index (κ3) is 3.85. The number of rotatable bonds is 4. The van der Waals surface area contributed by atoms with Gasteiger partial charge in [-0.25, -0.2) is 0 Å². The summed E-state index contributed by atoms with van der Waals surface area (Å²) in [6.07, 6.45) is 3.89. The summed E-state index contributed by atoms with van der Waals surface area (Å²) >= 11 is 3.18. The maximum absolute atomic E-state index is 11.7. The first kappa shape index (κ1) is 12.6. The van der Waals surface area contributed by atoms with Crippen molar-refractivity contribution in [3.63, 3.8) is 0 Å². The van der Waals surface area contributed by atoms with Crippen molar-refractivity contribution in [2.45, 2.75) is 19.3 Å². The predicted octanol–water partition coefficient (Wildman–Crippen LogP) is 2.26. The molecule has 0 spiro atoms. The van der Waals surface area contributed by atoms with E-state index in [0.29, 0.717) is 17.0 Å². The van der Waals surface area contributed by atoms with E-state index in [4.69, 9.17) is 4.42 Å². The lowest BCUT2D eigenvalue weighted by Gasteiger charge is -2.26. The minimum atomic E-state index is -0.146. The van der Waals surface area contributed by atoms with Crippen LogP contribution < -0.4 is 5.32 Å². The molecule has 5 heteroatoms. The molecule has 0 aliphatic carbocycles. The Morgan fingerprint density at radius 1 is 1.35 bits per heavy atom. The molecule has 0 radical (unpaired) electrons. The lowest BCUT2D eigenvalue weighted by atomic mass is 10.1. The van der Waals surface area contributed by atoms with Crippen LogP contribution in [0, 0.1) is 0 Å². The fraction of sp³-hybridized carbons (Fsp3) is 0.583. The molecule has 17 heavy (non-hydrogen) atoms. The monoisotopic (exact) mass is 300 g/mol. The smallest absolute Gasteiger partial charge is 0.287 e. The summed E-state index contributed by atoms with van der Waals surface area (Å²) in [6.45, 7) is 3.91. The molecule has 1 N–H and O–H groups in total. The number of likely N-dealkylation sites (tertiary alicyclic amines) is 1. The molecule has 0 saturated carbocycles. The van der Waals surface area contributed by atoms with Crippen LogP contribution in [-0.4, -0.2) is 37.0 Å². The highest BCUT2D eigenvalue weighted by molar-refractivity contribution is 9.10. The van der Waals surface area contributed by atoms with Crippen LogP contribution >= 0.6 is 15.9 Å². The molecule has 1 aromatic rings. The highest BCUT2D eigenvalue weighted by Crippen LogP contribution is 2.13. The number of nitrogens with zero attached hydrogens (tertiary/aromatic N) is 1. The third-order valence-electron chi connectivity index (χ3n) is 2.96. The normalized spacial score (nSPS) is 17.0. The van der Waals surface area contributed by atoms with Crippen LogP contribution in [0.25, 0.3) is 0 Å². The second-order valence-corrected chi connectivity index (χ2v) is 5.04. The largest absolute Gasteiger partial charge is 0.444 e. The Labute approximate surface area is 109 Å². The van der Waals surface area contributed by atoms with Gasteiger partial charge in [-0.3, -0.25) is 4.79 Å². The van der Waals surface area contributed by atoms with E-state index in [1.807, 2.05) is 0 Å². The number of hydrogen-bond donors (Lipinski definition) is 1. The number of halogens is 1. The van der Waals surface area contributed by atoms with Crippen molar-refractivity contribution >= 4 is 21.8 Å². The fourth-order valence-electron chi connectivity index (χ4n) is 2.03. The number of carbonyl (C=O) groups is 1. The van der Waals surface area contributed by atoms with Crippen LogP contribution in [0.1, 0.15) is 29.8 Å². The average molecular weight is 301 g/mol. The molecule has 0 bridgehead atoms. The summed E-state index contributed by atoms with van der Waals surface area (Å²) in [4.78, 5) is 14.0. The van der Waals surface area contributed by atoms with Gasteiger partial charge in [0.15, 0.2) is 10.4 Å². The summed E-state index contributed by atoms with van der Waals surface area (Å²) in [5, 5.41) is 2.86. The lowest BCUT2D eigenvalue weighted by molar-refractivity contribution is 0.0917. The number of piperidine rings is 1. The molecular formula is C12H17BrN2O2. The quantitative estimate of drug-likeness (QED) is 0.928. The Morgan fingerprint density at radius 2 is 2.12 bits per heavy atom. The molecule has 1 fully saturated rings. The Bertz CT molecular complexity index is 372. The molecule has 1 saturated heterocycles. The molecule has 1 aliphatic rings. The van der Waals surface area contributed by atoms with E-state index in [-0.39, 0.29) is 5.91 Å². The average Bonchev–Trinajstić information content (AvgIpc) is 2.77. The van der Waals surface area contributed by atoms with Crippen LogP contribution in [0.3, 0.4) is 0 Å². The van der Waals surface area contributed by atoms with Crippen LogP contribution in [0.4, 0.5) is 0 Å². The second kappa shape index (κ2) is 6.21. The number of carbonyl (C=O) groups excluding carboxylic acids is 1. The van der Waals surface area contributed by atoms with Crippen LogP contribution in [0.5, 0.6) is 0 Å². The van der Waals surface area contributed by atoms with Gasteiger partial charge in [0.1, 0.15) is 0 Å². The van der Waals surface area contributed by atoms with Crippen molar-refractivity contribution in [2.75, 3.05) is 26.2 Å². The number of hydrogen-bond acceptors (Lipinski definition) is 3. The summed E-state index contributed by atoms with van der Waals surface area (Å²) in [6, 6.07) is 3.39. The Hall–Kier alpha value is -0.810. The molecule has 1 amide bonds. The van der Waals surface area contributed by atoms with Gasteiger partial charge in [-0.15, -0.1) is 0 Å². The molecule has 2 heterocycles. The minimum absolute atomic E-state index is 0.146. The van der Waals surface area contributed by atoms with E-state index in [2.05, 4.69) is 26.1 Å². The van der Waals surface area contributed by atoms with Crippen LogP contribution in [0.15, 0.2) is 21.2 Å². The van der Waals surface area contributed by atoms with Crippen molar-refractivity contribution in [1.29, 1.82) is 0 Å². The van der Waals surface area contributed by atoms with Crippen molar-refractivity contribution in [1.82, 2.24) is 10.2 Å². The molecular weight excluding hydrogens is 284 g/mol. The summed E-state index contributed by atoms with van der Waals surface area (Å²) < 4.78 is 5.76. The molecule has 4 nitrogen and oxygen atoms in total. The molecule has 0 atom stereocenters. The van der Waals surface area contributed by atoms with E-state index in [9.17, 15) is 4.79 Å². The first-order valence-corrected chi connectivity index (χ1v) is 6.81. The Balaban J connectivity index is 1.69. The standard InChI is InChI=1S/C12H17BrN2O2/c13-11-5-4-10(17-11)12(16)14-6-9-15-7-2-1-3-8-15/h4-5H,1-3,6-9H2,(H,14,16). The zero-order valence-electron chi connectivity index (χ0n) is 9.75. The van der Waals surface area contributed by atoms with Crippen molar-refractivity contribution in [3.05, 3.63) is 22.6 Å². The van der Waals surface area contributed by atoms with Gasteiger partial charge in [0.2, 0.25) is 0 Å². The molecule has 0 unspecified atom stereocenters. The number of amides is 1. The molecule has 94 valence electrons. The van der Waals surface area contributed by atoms with E-state index in [0.717, 1.165) is 19.6 Å². The van der Waals surface area contributed by atoms with E-state index >= 15 is 0 Å². The summed E-state index contributed by atoms with van der Waals surface area (Å²) in [5.74, 6) is 0.211. The fourth-order valence-corrected chi connectivity index (χ4v) is 2.34. The Morgan fingerprint density at radius 3 is 2.76 bits per heavy atom. The van der Waals surface area contributed by atoms with Gasteiger partial charge in [0.25, 0.3) is 5.91 Å². The lowest BCUT2D eigenvalue weighted by Crippen LogP contribution is -2.37. The number of nitrogens with one attached hydrogen (secondary N) is 1. The van der Waals surface area contributed by atoms with Gasteiger partial charge in [0, 0.05) is 13.1 Å². The number of furan rings is 1. The summed E-state index contributed by atoms with van der Waals surface area (Å²) in [7, 11) is 0. The maximum atomic E-state index is 11.7. The summed E-state index contributed by atoms with van der Waals surface area (Å²) in [5.41, 5.74) is 0. The maximum Gasteiger partial charge on any atom is 0.287 e. The van der Waals surface area contributed by atoms with Gasteiger partial charge in [-0.05, 0) is 54.0 Å². The topological polar surface area (TPSA) is 45.5 Å². The highest BCUT2D eigenvalue weighted by atomic mass is 79.9. The SMILES string of the molecule is O=C(NCCN1CCCCC1)c1ccc(Br)o1. The van der Waals surface area contributed by atoms with Crippen molar-refractivity contribution in [3.8, 4) is 0 Å². The van der Waals surface area contributed by atoms with E-state index in [1.165, 1.54) is 19.3 Å². The van der Waals surface area contributed by atoms with Gasteiger partial charge in [-0.1, -0.05) is 6.42 Å². The van der Waals surface area contributed by atoms with Gasteiger partial charge >= 0.3 is 0 Å². The predicted molar refractivity (Wildman–Crippen MR) is 69.0 cm³/mol. The third-order valence-corrected chi connectivity index (χ3v) is 3.39. The molecule has 2 rings (SSSR count). The first-order chi connectivity index (χ1) is 8.25. The zero-order valence-corrected chi connectivity index (χ0v) is 11.3.